The number of nitrogens with zero attached hydrogens (tertiary/aromatic N) is 2. The molecule has 21 heavy (non-hydrogen) atoms. The Labute approximate surface area is 121 Å². The lowest BCUT2D eigenvalue weighted by atomic mass is 10.1. The van der Waals surface area contributed by atoms with Crippen molar-refractivity contribution in [1.29, 1.82) is 0 Å². The van der Waals surface area contributed by atoms with E-state index in [9.17, 15) is 4.79 Å². The van der Waals surface area contributed by atoms with E-state index in [0.717, 1.165) is 36.4 Å². The quantitative estimate of drug-likeness (QED) is 0.807. The minimum atomic E-state index is -0.184. The van der Waals surface area contributed by atoms with Gasteiger partial charge in [0.2, 0.25) is 0 Å². The van der Waals surface area contributed by atoms with E-state index in [1.165, 1.54) is 5.56 Å². The summed E-state index contributed by atoms with van der Waals surface area (Å²) in [5.41, 5.74) is 4.51. The average molecular weight is 281 g/mol. The second kappa shape index (κ2) is 4.73. The van der Waals surface area contributed by atoms with Crippen LogP contribution in [0.2, 0.25) is 0 Å². The standard InChI is InChI=1S/C15H15N5O/c21-15(17-10-5-6-10)19-13-8-16-20-14(13)12-7-9-3-1-2-4-11(9)18-12/h1-4,8,10H,5-7H2,(H,16,20)(H2,17,19,21). The van der Waals surface area contributed by atoms with E-state index < -0.39 is 0 Å². The number of aromatic nitrogens is 2. The number of nitrogens with one attached hydrogen (secondary N) is 3. The largest absolute Gasteiger partial charge is 0.335 e. The van der Waals surface area contributed by atoms with Gasteiger partial charge in [-0.1, -0.05) is 18.2 Å². The second-order valence-electron chi connectivity index (χ2n) is 5.40. The summed E-state index contributed by atoms with van der Waals surface area (Å²) in [6.07, 6.45) is 4.49. The van der Waals surface area contributed by atoms with E-state index in [-0.39, 0.29) is 6.03 Å². The number of benzene rings is 1. The Morgan fingerprint density at radius 1 is 1.29 bits per heavy atom. The van der Waals surface area contributed by atoms with Crippen LogP contribution in [-0.2, 0) is 6.42 Å². The molecule has 0 saturated heterocycles. The first-order valence-corrected chi connectivity index (χ1v) is 7.06. The van der Waals surface area contributed by atoms with Crippen molar-refractivity contribution >= 4 is 23.1 Å². The van der Waals surface area contributed by atoms with Crippen molar-refractivity contribution in [3.8, 4) is 0 Å². The Balaban J connectivity index is 1.54. The topological polar surface area (TPSA) is 82.2 Å². The van der Waals surface area contributed by atoms with E-state index in [2.05, 4.69) is 31.9 Å². The van der Waals surface area contributed by atoms with E-state index in [1.54, 1.807) is 6.20 Å². The Kier molecular flexibility index (Phi) is 2.73. The predicted octanol–water partition coefficient (Wildman–Crippen LogP) is 2.37. The van der Waals surface area contributed by atoms with Crippen LogP contribution >= 0.6 is 0 Å². The maximum absolute atomic E-state index is 11.8. The van der Waals surface area contributed by atoms with Crippen LogP contribution in [0.3, 0.4) is 0 Å². The summed E-state index contributed by atoms with van der Waals surface area (Å²) in [6.45, 7) is 0. The number of carbonyl (C=O) groups is 1. The van der Waals surface area contributed by atoms with Crippen LogP contribution < -0.4 is 10.6 Å². The molecule has 1 aromatic heterocycles. The highest BCUT2D eigenvalue weighted by atomic mass is 16.2. The number of aliphatic imine (C=N–C) groups is 1. The Bertz CT molecular complexity index is 729. The van der Waals surface area contributed by atoms with Gasteiger partial charge < -0.3 is 10.6 Å². The van der Waals surface area contributed by atoms with Crippen molar-refractivity contribution in [2.24, 2.45) is 4.99 Å². The molecule has 6 heteroatoms. The molecule has 2 amide bonds. The zero-order valence-corrected chi connectivity index (χ0v) is 11.4. The van der Waals surface area contributed by atoms with Crippen LogP contribution in [0, 0.1) is 0 Å². The third-order valence-electron chi connectivity index (χ3n) is 3.69. The number of hydrogen-bond acceptors (Lipinski definition) is 3. The van der Waals surface area contributed by atoms with Crippen LogP contribution in [0.1, 0.15) is 24.1 Å². The number of anilines is 1. The zero-order chi connectivity index (χ0) is 14.2. The first-order valence-electron chi connectivity index (χ1n) is 7.06. The lowest BCUT2D eigenvalue weighted by Crippen LogP contribution is -2.30. The van der Waals surface area contributed by atoms with Gasteiger partial charge >= 0.3 is 6.03 Å². The molecule has 1 aliphatic carbocycles. The van der Waals surface area contributed by atoms with Gasteiger partial charge in [-0.05, 0) is 24.5 Å². The normalized spacial score (nSPS) is 16.3. The minimum Gasteiger partial charge on any atom is -0.335 e. The minimum absolute atomic E-state index is 0.184. The molecule has 0 radical (unpaired) electrons. The molecule has 0 bridgehead atoms. The summed E-state index contributed by atoms with van der Waals surface area (Å²) in [4.78, 5) is 16.5. The summed E-state index contributed by atoms with van der Waals surface area (Å²) in [6, 6.07) is 8.18. The molecule has 3 N–H and O–H groups in total. The van der Waals surface area contributed by atoms with E-state index in [0.29, 0.717) is 11.7 Å². The number of aromatic amines is 1. The predicted molar refractivity (Wildman–Crippen MR) is 80.1 cm³/mol. The van der Waals surface area contributed by atoms with Gasteiger partial charge in [0.25, 0.3) is 0 Å². The van der Waals surface area contributed by atoms with Crippen molar-refractivity contribution in [2.45, 2.75) is 25.3 Å². The Hall–Kier alpha value is -2.63. The van der Waals surface area contributed by atoms with Crippen LogP contribution in [-0.4, -0.2) is 28.0 Å². The number of H-pyrrole nitrogens is 1. The molecule has 0 spiro atoms. The molecular weight excluding hydrogens is 266 g/mol. The van der Waals surface area contributed by atoms with E-state index in [1.807, 2.05) is 18.2 Å². The van der Waals surface area contributed by atoms with Crippen molar-refractivity contribution in [3.05, 3.63) is 41.7 Å². The van der Waals surface area contributed by atoms with Gasteiger partial charge in [0.1, 0.15) is 5.69 Å². The van der Waals surface area contributed by atoms with Crippen molar-refractivity contribution < 1.29 is 4.79 Å². The van der Waals surface area contributed by atoms with Gasteiger partial charge in [-0.25, -0.2) is 4.79 Å². The van der Waals surface area contributed by atoms with Gasteiger partial charge in [0, 0.05) is 12.5 Å². The fourth-order valence-corrected chi connectivity index (χ4v) is 2.45. The maximum atomic E-state index is 11.8. The number of carbonyl (C=O) groups excluding carboxylic acids is 1. The van der Waals surface area contributed by atoms with Gasteiger partial charge in [-0.3, -0.25) is 10.1 Å². The summed E-state index contributed by atoms with van der Waals surface area (Å²) < 4.78 is 0. The smallest absolute Gasteiger partial charge is 0.319 e. The first-order chi connectivity index (χ1) is 10.3. The molecule has 106 valence electrons. The maximum Gasteiger partial charge on any atom is 0.319 e. The first kappa shape index (κ1) is 12.1. The Morgan fingerprint density at radius 3 is 2.95 bits per heavy atom. The fourth-order valence-electron chi connectivity index (χ4n) is 2.45. The van der Waals surface area contributed by atoms with Crippen molar-refractivity contribution in [2.75, 3.05) is 5.32 Å². The third-order valence-corrected chi connectivity index (χ3v) is 3.69. The molecule has 0 atom stereocenters. The molecular formula is C15H15N5O. The molecule has 1 aliphatic heterocycles. The van der Waals surface area contributed by atoms with Crippen molar-refractivity contribution in [3.63, 3.8) is 0 Å². The monoisotopic (exact) mass is 281 g/mol. The van der Waals surface area contributed by atoms with Gasteiger partial charge in [-0.2, -0.15) is 5.10 Å². The molecule has 2 heterocycles. The highest BCUT2D eigenvalue weighted by molar-refractivity contribution is 6.10. The molecule has 1 aromatic carbocycles. The molecule has 1 fully saturated rings. The number of fused-ring (bicyclic) bond motifs is 1. The van der Waals surface area contributed by atoms with E-state index >= 15 is 0 Å². The number of rotatable bonds is 3. The molecule has 2 aromatic rings. The summed E-state index contributed by atoms with van der Waals surface area (Å²) in [5, 5.41) is 12.7. The van der Waals surface area contributed by atoms with Crippen LogP contribution in [0.25, 0.3) is 0 Å². The SMILES string of the molecule is O=C(Nc1cn[nH]c1C1=Nc2ccccc2C1)NC1CC1. The van der Waals surface area contributed by atoms with Gasteiger partial charge in [0.15, 0.2) is 0 Å². The molecule has 2 aliphatic rings. The van der Waals surface area contributed by atoms with Crippen LogP contribution in [0.4, 0.5) is 16.2 Å². The third kappa shape index (κ3) is 2.40. The number of hydrogen-bond donors (Lipinski definition) is 3. The lowest BCUT2D eigenvalue weighted by Gasteiger charge is -2.06. The molecule has 6 nitrogen and oxygen atoms in total. The fraction of sp³-hybridized carbons (Fsp3) is 0.267. The van der Waals surface area contributed by atoms with E-state index in [4.69, 9.17) is 0 Å². The van der Waals surface area contributed by atoms with Crippen LogP contribution in [0.15, 0.2) is 35.5 Å². The second-order valence-corrected chi connectivity index (χ2v) is 5.40. The molecule has 0 unspecified atom stereocenters. The van der Waals surface area contributed by atoms with Gasteiger partial charge in [0.05, 0.1) is 23.3 Å². The highest BCUT2D eigenvalue weighted by Crippen LogP contribution is 2.29. The zero-order valence-electron chi connectivity index (χ0n) is 11.4. The number of para-hydroxylation sites is 1. The molecule has 4 rings (SSSR count). The van der Waals surface area contributed by atoms with Gasteiger partial charge in [-0.15, -0.1) is 0 Å². The Morgan fingerprint density at radius 2 is 2.14 bits per heavy atom. The summed E-state index contributed by atoms with van der Waals surface area (Å²) in [5.74, 6) is 0. The summed E-state index contributed by atoms with van der Waals surface area (Å²) in [7, 11) is 0. The number of amides is 2. The molecule has 1 saturated carbocycles. The summed E-state index contributed by atoms with van der Waals surface area (Å²) >= 11 is 0. The lowest BCUT2D eigenvalue weighted by molar-refractivity contribution is 0.251. The van der Waals surface area contributed by atoms with Crippen LogP contribution in [0.5, 0.6) is 0 Å². The highest BCUT2D eigenvalue weighted by Gasteiger charge is 2.25. The van der Waals surface area contributed by atoms with Crippen molar-refractivity contribution in [1.82, 2.24) is 15.5 Å². The number of urea groups is 1. The average Bonchev–Trinajstić information content (AvgIpc) is 3.01.